The van der Waals surface area contributed by atoms with Crippen molar-refractivity contribution < 1.29 is 9.21 Å². The van der Waals surface area contributed by atoms with Crippen LogP contribution >= 0.6 is 23.5 Å². The Morgan fingerprint density at radius 2 is 2.29 bits per heavy atom. The van der Waals surface area contributed by atoms with E-state index in [1.807, 2.05) is 13.2 Å². The van der Waals surface area contributed by atoms with Gasteiger partial charge in [0.2, 0.25) is 5.89 Å². The summed E-state index contributed by atoms with van der Waals surface area (Å²) in [5.41, 5.74) is 0. The molecule has 0 saturated heterocycles. The monoisotopic (exact) mass is 232 g/mol. The van der Waals surface area contributed by atoms with Gasteiger partial charge in [0.1, 0.15) is 5.78 Å². The van der Waals surface area contributed by atoms with E-state index >= 15 is 0 Å². The number of thioether (sulfide) groups is 2. The Balaban J connectivity index is 2.55. The highest BCUT2D eigenvalue weighted by molar-refractivity contribution is 8.00. The smallest absolute Gasteiger partial charge is 0.277 e. The van der Waals surface area contributed by atoms with Gasteiger partial charge in [0.25, 0.3) is 5.22 Å². The molecule has 4 nitrogen and oxygen atoms in total. The van der Waals surface area contributed by atoms with Gasteiger partial charge in [-0.05, 0) is 20.1 Å². The van der Waals surface area contributed by atoms with Gasteiger partial charge in [-0.25, -0.2) is 0 Å². The number of carbonyl (C=O) groups excluding carboxylic acids is 1. The molecule has 1 rings (SSSR count). The number of hydrogen-bond donors (Lipinski definition) is 0. The summed E-state index contributed by atoms with van der Waals surface area (Å²) in [5.74, 6) is 1.43. The first-order chi connectivity index (χ1) is 6.63. The zero-order chi connectivity index (χ0) is 10.6. The van der Waals surface area contributed by atoms with Gasteiger partial charge in [-0.2, -0.15) is 11.8 Å². The van der Waals surface area contributed by atoms with Gasteiger partial charge >= 0.3 is 0 Å². The highest BCUT2D eigenvalue weighted by Gasteiger charge is 2.14. The molecule has 0 radical (unpaired) electrons. The van der Waals surface area contributed by atoms with Crippen LogP contribution in [-0.4, -0.2) is 27.5 Å². The first kappa shape index (κ1) is 11.6. The van der Waals surface area contributed by atoms with Crippen LogP contribution in [0, 0.1) is 0 Å². The molecule has 1 atom stereocenters. The molecular weight excluding hydrogens is 220 g/mol. The molecule has 0 aliphatic heterocycles. The predicted molar refractivity (Wildman–Crippen MR) is 57.5 cm³/mol. The SMILES string of the molecule is CSCc1nnc(S[C@@H](C)C(C)=O)o1. The maximum absolute atomic E-state index is 11.0. The van der Waals surface area contributed by atoms with Crippen LogP contribution in [0.25, 0.3) is 0 Å². The fraction of sp³-hybridized carbons (Fsp3) is 0.625. The molecule has 0 aliphatic carbocycles. The fourth-order valence-corrected chi connectivity index (χ4v) is 1.77. The van der Waals surface area contributed by atoms with Crippen LogP contribution in [0.15, 0.2) is 9.64 Å². The van der Waals surface area contributed by atoms with Crippen molar-refractivity contribution >= 4 is 29.3 Å². The number of nitrogens with zero attached hydrogens (tertiary/aromatic N) is 2. The van der Waals surface area contributed by atoms with Crippen molar-refractivity contribution in [3.63, 3.8) is 0 Å². The van der Waals surface area contributed by atoms with Crippen LogP contribution in [-0.2, 0) is 10.5 Å². The van der Waals surface area contributed by atoms with E-state index in [0.717, 1.165) is 0 Å². The summed E-state index contributed by atoms with van der Waals surface area (Å²) < 4.78 is 5.31. The summed E-state index contributed by atoms with van der Waals surface area (Å²) in [6.45, 7) is 3.38. The minimum absolute atomic E-state index is 0.111. The normalized spacial score (nSPS) is 12.8. The number of hydrogen-bond acceptors (Lipinski definition) is 6. The van der Waals surface area contributed by atoms with Crippen LogP contribution in [0.3, 0.4) is 0 Å². The molecule has 0 saturated carbocycles. The minimum Gasteiger partial charge on any atom is -0.415 e. The molecule has 0 aromatic carbocycles. The molecule has 0 amide bonds. The molecule has 0 spiro atoms. The lowest BCUT2D eigenvalue weighted by Crippen LogP contribution is -2.07. The lowest BCUT2D eigenvalue weighted by molar-refractivity contribution is -0.116. The van der Waals surface area contributed by atoms with Crippen molar-refractivity contribution in [2.45, 2.75) is 30.1 Å². The Kier molecular flexibility index (Phi) is 4.47. The molecule has 1 heterocycles. The van der Waals surface area contributed by atoms with Gasteiger partial charge in [0, 0.05) is 0 Å². The standard InChI is InChI=1S/C8H12N2O2S2/c1-5(11)6(2)14-8-10-9-7(12-8)4-13-3/h6H,4H2,1-3H3/t6-/m0/s1. The first-order valence-corrected chi connectivity index (χ1v) is 6.39. The third kappa shape index (κ3) is 3.34. The summed E-state index contributed by atoms with van der Waals surface area (Å²) >= 11 is 2.92. The number of aromatic nitrogens is 2. The Morgan fingerprint density at radius 3 is 2.86 bits per heavy atom. The zero-order valence-corrected chi connectivity index (χ0v) is 9.94. The van der Waals surface area contributed by atoms with E-state index in [9.17, 15) is 4.79 Å². The van der Waals surface area contributed by atoms with Crippen molar-refractivity contribution in [1.29, 1.82) is 0 Å². The van der Waals surface area contributed by atoms with Crippen LogP contribution in [0.5, 0.6) is 0 Å². The second-order valence-corrected chi connectivity index (χ2v) is 4.92. The summed E-state index contributed by atoms with van der Waals surface area (Å²) in [6, 6.07) is 0. The molecule has 1 aromatic rings. The molecule has 0 unspecified atom stereocenters. The van der Waals surface area contributed by atoms with Crippen molar-refractivity contribution in [3.05, 3.63) is 5.89 Å². The Hall–Kier alpha value is -0.490. The molecule has 0 N–H and O–H groups in total. The molecule has 6 heteroatoms. The quantitative estimate of drug-likeness (QED) is 0.724. The molecular formula is C8H12N2O2S2. The van der Waals surface area contributed by atoms with Gasteiger partial charge in [-0.15, -0.1) is 10.2 Å². The van der Waals surface area contributed by atoms with Gasteiger partial charge in [0.05, 0.1) is 11.0 Å². The molecule has 14 heavy (non-hydrogen) atoms. The van der Waals surface area contributed by atoms with Crippen LogP contribution in [0.1, 0.15) is 19.7 Å². The van der Waals surface area contributed by atoms with E-state index in [2.05, 4.69) is 10.2 Å². The van der Waals surface area contributed by atoms with Crippen LogP contribution in [0.2, 0.25) is 0 Å². The largest absolute Gasteiger partial charge is 0.415 e. The number of carbonyl (C=O) groups is 1. The van der Waals surface area contributed by atoms with Crippen molar-refractivity contribution in [3.8, 4) is 0 Å². The van der Waals surface area contributed by atoms with Crippen LogP contribution in [0.4, 0.5) is 0 Å². The number of Topliss-reactive ketones (excluding diaryl/α,β-unsaturated/α-hetero) is 1. The van der Waals surface area contributed by atoms with Crippen molar-refractivity contribution in [1.82, 2.24) is 10.2 Å². The average molecular weight is 232 g/mol. The second kappa shape index (κ2) is 5.41. The maximum Gasteiger partial charge on any atom is 0.277 e. The predicted octanol–water partition coefficient (Wildman–Crippen LogP) is 2.00. The van der Waals surface area contributed by atoms with Gasteiger partial charge in [-0.1, -0.05) is 11.8 Å². The third-order valence-corrected chi connectivity index (χ3v) is 3.15. The maximum atomic E-state index is 11.0. The topological polar surface area (TPSA) is 56.0 Å². The summed E-state index contributed by atoms with van der Waals surface area (Å²) in [6.07, 6.45) is 1.97. The highest BCUT2D eigenvalue weighted by Crippen LogP contribution is 2.22. The number of ketones is 1. The highest BCUT2D eigenvalue weighted by atomic mass is 32.2. The molecule has 1 aromatic heterocycles. The van der Waals surface area contributed by atoms with E-state index in [1.165, 1.54) is 11.8 Å². The Labute approximate surface area is 91.2 Å². The van der Waals surface area contributed by atoms with E-state index < -0.39 is 0 Å². The summed E-state index contributed by atoms with van der Waals surface area (Å²) in [7, 11) is 0. The lowest BCUT2D eigenvalue weighted by Gasteiger charge is -2.00. The van der Waals surface area contributed by atoms with Gasteiger partial charge in [0.15, 0.2) is 0 Å². The Morgan fingerprint density at radius 1 is 1.57 bits per heavy atom. The molecule has 78 valence electrons. The molecule has 0 fully saturated rings. The summed E-state index contributed by atoms with van der Waals surface area (Å²) in [4.78, 5) is 11.0. The van der Waals surface area contributed by atoms with Gasteiger partial charge in [-0.3, -0.25) is 4.79 Å². The minimum atomic E-state index is -0.127. The average Bonchev–Trinajstić information content (AvgIpc) is 2.53. The fourth-order valence-electron chi connectivity index (χ4n) is 0.702. The summed E-state index contributed by atoms with van der Waals surface area (Å²) in [5, 5.41) is 8.03. The van der Waals surface area contributed by atoms with Crippen molar-refractivity contribution in [2.24, 2.45) is 0 Å². The zero-order valence-electron chi connectivity index (χ0n) is 8.31. The Bertz CT molecular complexity index is 314. The molecule has 0 aliphatic rings. The van der Waals surface area contributed by atoms with E-state index in [4.69, 9.17) is 4.42 Å². The molecule has 0 bridgehead atoms. The van der Waals surface area contributed by atoms with Gasteiger partial charge < -0.3 is 4.42 Å². The van der Waals surface area contributed by atoms with E-state index in [-0.39, 0.29) is 11.0 Å². The van der Waals surface area contributed by atoms with Crippen LogP contribution < -0.4 is 0 Å². The van der Waals surface area contributed by atoms with Crippen molar-refractivity contribution in [2.75, 3.05) is 6.26 Å². The third-order valence-electron chi connectivity index (χ3n) is 1.57. The first-order valence-electron chi connectivity index (χ1n) is 4.12. The number of rotatable bonds is 5. The lowest BCUT2D eigenvalue weighted by atomic mass is 10.3. The second-order valence-electron chi connectivity index (χ2n) is 2.77. The van der Waals surface area contributed by atoms with E-state index in [1.54, 1.807) is 18.7 Å². The van der Waals surface area contributed by atoms with E-state index in [0.29, 0.717) is 16.9 Å².